The number of benzene rings is 1. The van der Waals surface area contributed by atoms with Crippen molar-refractivity contribution in [3.63, 3.8) is 0 Å². The summed E-state index contributed by atoms with van der Waals surface area (Å²) in [5.74, 6) is 1.16. The van der Waals surface area contributed by atoms with Crippen LogP contribution in [0.3, 0.4) is 0 Å². The highest BCUT2D eigenvalue weighted by atomic mass is 16.5. The summed E-state index contributed by atoms with van der Waals surface area (Å²) in [5, 5.41) is 0. The van der Waals surface area contributed by atoms with Gasteiger partial charge in [0.05, 0.1) is 7.11 Å². The number of carbonyl (C=O) groups is 1. The molecule has 1 aromatic carbocycles. The number of hydrogen-bond donors (Lipinski definition) is 1. The van der Waals surface area contributed by atoms with Crippen LogP contribution in [0.1, 0.15) is 30.4 Å². The van der Waals surface area contributed by atoms with E-state index in [1.165, 1.54) is 5.56 Å². The van der Waals surface area contributed by atoms with Crippen LogP contribution < -0.4 is 10.5 Å². The number of hydrogen-bond acceptors (Lipinski definition) is 3. The first-order valence-electron chi connectivity index (χ1n) is 7.22. The monoisotopic (exact) mass is 276 g/mol. The SMILES string of the molecule is COc1cc(CN2CCCC(CC(N)=O)C2)ccc1C. The fraction of sp³-hybridized carbons (Fsp3) is 0.562. The molecule has 1 unspecified atom stereocenters. The lowest BCUT2D eigenvalue weighted by atomic mass is 9.94. The van der Waals surface area contributed by atoms with E-state index in [2.05, 4.69) is 23.1 Å². The molecule has 1 fully saturated rings. The van der Waals surface area contributed by atoms with Crippen molar-refractivity contribution < 1.29 is 9.53 Å². The third-order valence-corrected chi connectivity index (χ3v) is 3.97. The molecule has 1 amide bonds. The highest BCUT2D eigenvalue weighted by Gasteiger charge is 2.21. The minimum Gasteiger partial charge on any atom is -0.496 e. The van der Waals surface area contributed by atoms with E-state index < -0.39 is 0 Å². The van der Waals surface area contributed by atoms with Crippen LogP contribution in [0.15, 0.2) is 18.2 Å². The fourth-order valence-electron chi connectivity index (χ4n) is 2.97. The number of likely N-dealkylation sites (tertiary alicyclic amines) is 1. The van der Waals surface area contributed by atoms with E-state index >= 15 is 0 Å². The number of nitrogens with two attached hydrogens (primary N) is 1. The van der Waals surface area contributed by atoms with E-state index in [4.69, 9.17) is 10.5 Å². The fourth-order valence-corrected chi connectivity index (χ4v) is 2.97. The van der Waals surface area contributed by atoms with Gasteiger partial charge in [-0.05, 0) is 49.4 Å². The van der Waals surface area contributed by atoms with Gasteiger partial charge in [0.2, 0.25) is 5.91 Å². The molecule has 2 rings (SSSR count). The third kappa shape index (κ3) is 3.97. The van der Waals surface area contributed by atoms with Crippen LogP contribution in [0.4, 0.5) is 0 Å². The van der Waals surface area contributed by atoms with Crippen LogP contribution in [0, 0.1) is 12.8 Å². The summed E-state index contributed by atoms with van der Waals surface area (Å²) < 4.78 is 5.37. The molecule has 0 radical (unpaired) electrons. The summed E-state index contributed by atoms with van der Waals surface area (Å²) in [4.78, 5) is 13.4. The molecule has 0 spiro atoms. The maximum absolute atomic E-state index is 11.0. The summed E-state index contributed by atoms with van der Waals surface area (Å²) in [5.41, 5.74) is 7.71. The minimum absolute atomic E-state index is 0.186. The van der Waals surface area contributed by atoms with Gasteiger partial charge < -0.3 is 10.5 Å². The molecule has 4 heteroatoms. The maximum atomic E-state index is 11.0. The van der Waals surface area contributed by atoms with Crippen molar-refractivity contribution in [2.75, 3.05) is 20.2 Å². The van der Waals surface area contributed by atoms with E-state index in [0.717, 1.165) is 43.8 Å². The van der Waals surface area contributed by atoms with Gasteiger partial charge in [-0.25, -0.2) is 0 Å². The van der Waals surface area contributed by atoms with Gasteiger partial charge in [-0.15, -0.1) is 0 Å². The van der Waals surface area contributed by atoms with Gasteiger partial charge >= 0.3 is 0 Å². The second kappa shape index (κ2) is 6.75. The Morgan fingerprint density at radius 3 is 3.00 bits per heavy atom. The minimum atomic E-state index is -0.186. The van der Waals surface area contributed by atoms with Gasteiger partial charge in [0.1, 0.15) is 5.75 Å². The molecule has 4 nitrogen and oxygen atoms in total. The first kappa shape index (κ1) is 14.9. The summed E-state index contributed by atoms with van der Waals surface area (Å²) in [7, 11) is 1.70. The topological polar surface area (TPSA) is 55.6 Å². The Hall–Kier alpha value is -1.55. The van der Waals surface area contributed by atoms with Crippen LogP contribution in [-0.2, 0) is 11.3 Å². The van der Waals surface area contributed by atoms with Gasteiger partial charge in [0.15, 0.2) is 0 Å². The average Bonchev–Trinajstić information content (AvgIpc) is 2.40. The highest BCUT2D eigenvalue weighted by Crippen LogP contribution is 2.23. The van der Waals surface area contributed by atoms with Crippen LogP contribution in [0.5, 0.6) is 5.75 Å². The molecule has 0 aliphatic carbocycles. The zero-order valence-corrected chi connectivity index (χ0v) is 12.4. The lowest BCUT2D eigenvalue weighted by molar-refractivity contribution is -0.119. The molecule has 1 aliphatic heterocycles. The van der Waals surface area contributed by atoms with Crippen LogP contribution >= 0.6 is 0 Å². The van der Waals surface area contributed by atoms with Gasteiger partial charge in [0.25, 0.3) is 0 Å². The summed E-state index contributed by atoms with van der Waals surface area (Å²) >= 11 is 0. The lowest BCUT2D eigenvalue weighted by Gasteiger charge is -2.32. The number of piperidine rings is 1. The smallest absolute Gasteiger partial charge is 0.217 e. The molecule has 1 aromatic rings. The number of aryl methyl sites for hydroxylation is 1. The molecule has 1 atom stereocenters. The molecule has 1 heterocycles. The van der Waals surface area contributed by atoms with Gasteiger partial charge in [-0.1, -0.05) is 12.1 Å². The summed E-state index contributed by atoms with van der Waals surface area (Å²) in [6.07, 6.45) is 2.76. The van der Waals surface area contributed by atoms with Crippen molar-refractivity contribution in [1.82, 2.24) is 4.90 Å². The normalized spacial score (nSPS) is 19.8. The molecule has 0 saturated carbocycles. The van der Waals surface area contributed by atoms with E-state index in [1.807, 2.05) is 6.92 Å². The van der Waals surface area contributed by atoms with Crippen molar-refractivity contribution in [1.29, 1.82) is 0 Å². The van der Waals surface area contributed by atoms with Crippen molar-refractivity contribution in [2.45, 2.75) is 32.7 Å². The predicted octanol–water partition coefficient (Wildman–Crippen LogP) is 2.09. The number of methoxy groups -OCH3 is 1. The number of rotatable bonds is 5. The Labute approximate surface area is 120 Å². The number of carbonyl (C=O) groups excluding carboxylic acids is 1. The zero-order valence-electron chi connectivity index (χ0n) is 12.4. The van der Waals surface area contributed by atoms with E-state index in [1.54, 1.807) is 7.11 Å². The van der Waals surface area contributed by atoms with Gasteiger partial charge in [-0.3, -0.25) is 9.69 Å². The number of nitrogens with zero attached hydrogens (tertiary/aromatic N) is 1. The van der Waals surface area contributed by atoms with Crippen LogP contribution in [-0.4, -0.2) is 31.0 Å². The van der Waals surface area contributed by atoms with Crippen LogP contribution in [0.25, 0.3) is 0 Å². The Morgan fingerprint density at radius 1 is 1.50 bits per heavy atom. The molecule has 0 bridgehead atoms. The number of ether oxygens (including phenoxy) is 1. The van der Waals surface area contributed by atoms with E-state index in [9.17, 15) is 4.79 Å². The highest BCUT2D eigenvalue weighted by molar-refractivity contribution is 5.74. The van der Waals surface area contributed by atoms with Gasteiger partial charge in [-0.2, -0.15) is 0 Å². The standard InChI is InChI=1S/C16H24N2O2/c1-12-5-6-14(8-15(12)20-2)11-18-7-3-4-13(10-18)9-16(17)19/h5-6,8,13H,3-4,7,9-11H2,1-2H3,(H2,17,19). The first-order valence-corrected chi connectivity index (χ1v) is 7.22. The van der Waals surface area contributed by atoms with Crippen molar-refractivity contribution in [3.8, 4) is 5.75 Å². The zero-order chi connectivity index (χ0) is 14.5. The second-order valence-electron chi connectivity index (χ2n) is 5.72. The Bertz CT molecular complexity index is 474. The van der Waals surface area contributed by atoms with Gasteiger partial charge in [0, 0.05) is 19.5 Å². The molecule has 1 saturated heterocycles. The summed E-state index contributed by atoms with van der Waals surface area (Å²) in [6.45, 7) is 5.00. The van der Waals surface area contributed by atoms with Crippen molar-refractivity contribution in [3.05, 3.63) is 29.3 Å². The predicted molar refractivity (Wildman–Crippen MR) is 79.5 cm³/mol. The Balaban J connectivity index is 1.97. The second-order valence-corrected chi connectivity index (χ2v) is 5.72. The first-order chi connectivity index (χ1) is 9.58. The lowest BCUT2D eigenvalue weighted by Crippen LogP contribution is -2.36. The van der Waals surface area contributed by atoms with E-state index in [-0.39, 0.29) is 5.91 Å². The molecule has 1 aliphatic rings. The largest absolute Gasteiger partial charge is 0.496 e. The quantitative estimate of drug-likeness (QED) is 0.896. The molecular weight excluding hydrogens is 252 g/mol. The van der Waals surface area contributed by atoms with E-state index in [0.29, 0.717) is 12.3 Å². The molecule has 0 aromatic heterocycles. The average molecular weight is 276 g/mol. The Morgan fingerprint density at radius 2 is 2.30 bits per heavy atom. The Kier molecular flexibility index (Phi) is 5.01. The molecular formula is C16H24N2O2. The molecule has 110 valence electrons. The molecule has 20 heavy (non-hydrogen) atoms. The molecule has 2 N–H and O–H groups in total. The van der Waals surface area contributed by atoms with Crippen molar-refractivity contribution >= 4 is 5.91 Å². The number of amides is 1. The van der Waals surface area contributed by atoms with Crippen molar-refractivity contribution in [2.24, 2.45) is 11.7 Å². The van der Waals surface area contributed by atoms with Crippen LogP contribution in [0.2, 0.25) is 0 Å². The third-order valence-electron chi connectivity index (χ3n) is 3.97. The maximum Gasteiger partial charge on any atom is 0.217 e. The summed E-state index contributed by atoms with van der Waals surface area (Å²) in [6, 6.07) is 6.35. The number of primary amides is 1.